The van der Waals surface area contributed by atoms with Crippen LogP contribution in [0.5, 0.6) is 0 Å². The molecule has 0 amide bonds. The van der Waals surface area contributed by atoms with Crippen molar-refractivity contribution in [2.45, 2.75) is 34.0 Å². The van der Waals surface area contributed by atoms with Crippen LogP contribution in [-0.4, -0.2) is 31.4 Å². The normalized spacial score (nSPS) is 11.4. The van der Waals surface area contributed by atoms with Gasteiger partial charge in [-0.3, -0.25) is 9.59 Å². The Morgan fingerprint density at radius 1 is 1.12 bits per heavy atom. The first-order valence-corrected chi connectivity index (χ1v) is 5.05. The first kappa shape index (κ1) is 14.6. The Morgan fingerprint density at radius 3 is 2.00 bits per heavy atom. The summed E-state index contributed by atoms with van der Waals surface area (Å²) in [5.74, 6) is -1.02. The van der Waals surface area contributed by atoms with Gasteiger partial charge < -0.3 is 14.2 Å². The van der Waals surface area contributed by atoms with E-state index >= 15 is 0 Å². The van der Waals surface area contributed by atoms with Crippen LogP contribution in [0.2, 0.25) is 0 Å². The van der Waals surface area contributed by atoms with Crippen molar-refractivity contribution < 1.29 is 23.8 Å². The maximum Gasteiger partial charge on any atom is 0.305 e. The first-order valence-electron chi connectivity index (χ1n) is 5.05. The molecule has 16 heavy (non-hydrogen) atoms. The summed E-state index contributed by atoms with van der Waals surface area (Å²) in [6.45, 7) is 7.19. The van der Waals surface area contributed by atoms with Crippen LogP contribution in [0.1, 0.15) is 27.7 Å². The van der Waals surface area contributed by atoms with E-state index in [0.29, 0.717) is 13.2 Å². The smallest absolute Gasteiger partial charge is 0.305 e. The van der Waals surface area contributed by atoms with Gasteiger partial charge in [0.05, 0.1) is 6.61 Å². The molecule has 0 saturated carbocycles. The van der Waals surface area contributed by atoms with Gasteiger partial charge in [-0.2, -0.15) is 0 Å². The molecule has 5 nitrogen and oxygen atoms in total. The van der Waals surface area contributed by atoms with E-state index < -0.39 is 18.2 Å². The molecule has 0 aromatic carbocycles. The fourth-order valence-electron chi connectivity index (χ4n) is 0.963. The van der Waals surface area contributed by atoms with E-state index in [1.807, 2.05) is 6.92 Å². The standard InChI is InChI=1S/C11H18O5/c1-5-14-7-8(2)6-11(15-9(3)12)16-10(4)13/h6,11H,5,7H2,1-4H3. The van der Waals surface area contributed by atoms with Gasteiger partial charge in [0.15, 0.2) is 0 Å². The molecule has 5 heteroatoms. The highest BCUT2D eigenvalue weighted by molar-refractivity contribution is 5.68. The van der Waals surface area contributed by atoms with Crippen molar-refractivity contribution in [2.24, 2.45) is 0 Å². The summed E-state index contributed by atoms with van der Waals surface area (Å²) in [5.41, 5.74) is 0.828. The summed E-state index contributed by atoms with van der Waals surface area (Å²) >= 11 is 0. The number of ether oxygens (including phenoxy) is 3. The minimum Gasteiger partial charge on any atom is -0.421 e. The number of esters is 2. The van der Waals surface area contributed by atoms with Gasteiger partial charge in [-0.05, 0) is 25.5 Å². The van der Waals surface area contributed by atoms with Crippen LogP contribution in [0.15, 0.2) is 11.6 Å². The molecule has 92 valence electrons. The maximum atomic E-state index is 10.8. The molecule has 0 aromatic heterocycles. The zero-order valence-electron chi connectivity index (χ0n) is 10.1. The quantitative estimate of drug-likeness (QED) is 0.392. The molecule has 0 saturated heterocycles. The molecule has 0 atom stereocenters. The monoisotopic (exact) mass is 230 g/mol. The highest BCUT2D eigenvalue weighted by Gasteiger charge is 2.12. The van der Waals surface area contributed by atoms with Crippen molar-refractivity contribution in [3.63, 3.8) is 0 Å². The summed E-state index contributed by atoms with van der Waals surface area (Å²) in [6.07, 6.45) is 0.564. The summed E-state index contributed by atoms with van der Waals surface area (Å²) in [7, 11) is 0. The highest BCUT2D eigenvalue weighted by Crippen LogP contribution is 2.04. The van der Waals surface area contributed by atoms with Gasteiger partial charge in [0.2, 0.25) is 0 Å². The fraction of sp³-hybridized carbons (Fsp3) is 0.636. The second-order valence-corrected chi connectivity index (χ2v) is 3.24. The van der Waals surface area contributed by atoms with E-state index in [1.165, 1.54) is 13.8 Å². The van der Waals surface area contributed by atoms with Crippen molar-refractivity contribution in [1.82, 2.24) is 0 Å². The maximum absolute atomic E-state index is 10.8. The summed E-state index contributed by atoms with van der Waals surface area (Å²) < 4.78 is 14.8. The lowest BCUT2D eigenvalue weighted by atomic mass is 10.3. The number of hydrogen-bond donors (Lipinski definition) is 0. The van der Waals surface area contributed by atoms with Gasteiger partial charge in [-0.15, -0.1) is 0 Å². The number of carbonyl (C=O) groups excluding carboxylic acids is 2. The zero-order chi connectivity index (χ0) is 12.6. The minimum atomic E-state index is -0.976. The van der Waals surface area contributed by atoms with Crippen LogP contribution in [0.3, 0.4) is 0 Å². The molecular weight excluding hydrogens is 212 g/mol. The van der Waals surface area contributed by atoms with Crippen molar-refractivity contribution in [3.8, 4) is 0 Å². The van der Waals surface area contributed by atoms with Gasteiger partial charge >= 0.3 is 11.9 Å². The molecule has 0 N–H and O–H groups in total. The predicted molar refractivity (Wildman–Crippen MR) is 57.6 cm³/mol. The first-order chi connectivity index (χ1) is 7.45. The average molecular weight is 230 g/mol. The van der Waals surface area contributed by atoms with Crippen molar-refractivity contribution >= 4 is 11.9 Å². The Morgan fingerprint density at radius 2 is 1.62 bits per heavy atom. The molecular formula is C11H18O5. The molecule has 0 fully saturated rings. The van der Waals surface area contributed by atoms with E-state index in [2.05, 4.69) is 0 Å². The van der Waals surface area contributed by atoms with Crippen LogP contribution in [0.25, 0.3) is 0 Å². The largest absolute Gasteiger partial charge is 0.421 e. The van der Waals surface area contributed by atoms with Gasteiger partial charge in [0.25, 0.3) is 6.29 Å². The Hall–Kier alpha value is -1.36. The lowest BCUT2D eigenvalue weighted by molar-refractivity contribution is -0.176. The van der Waals surface area contributed by atoms with Crippen molar-refractivity contribution in [3.05, 3.63) is 11.6 Å². The molecule has 0 aliphatic rings. The van der Waals surface area contributed by atoms with Gasteiger partial charge in [0.1, 0.15) is 0 Å². The number of carbonyl (C=O) groups is 2. The second-order valence-electron chi connectivity index (χ2n) is 3.24. The molecule has 0 heterocycles. The van der Waals surface area contributed by atoms with Gasteiger partial charge in [-0.25, -0.2) is 0 Å². The average Bonchev–Trinajstić information content (AvgIpc) is 2.12. The van der Waals surface area contributed by atoms with E-state index in [9.17, 15) is 9.59 Å². The molecule has 0 unspecified atom stereocenters. The SMILES string of the molecule is CCOCC(C)=CC(OC(C)=O)OC(C)=O. The Kier molecular flexibility index (Phi) is 7.20. The molecule has 0 bridgehead atoms. The summed E-state index contributed by atoms with van der Waals surface area (Å²) in [6, 6.07) is 0. The Bertz CT molecular complexity index is 254. The second kappa shape index (κ2) is 7.87. The lowest BCUT2D eigenvalue weighted by Gasteiger charge is -2.14. The van der Waals surface area contributed by atoms with Crippen LogP contribution >= 0.6 is 0 Å². The third-order valence-corrected chi connectivity index (χ3v) is 1.52. The zero-order valence-corrected chi connectivity index (χ0v) is 10.1. The predicted octanol–water partition coefficient (Wildman–Crippen LogP) is 1.42. The molecule has 0 aromatic rings. The third-order valence-electron chi connectivity index (χ3n) is 1.52. The fourth-order valence-corrected chi connectivity index (χ4v) is 0.963. The molecule has 0 radical (unpaired) electrons. The van der Waals surface area contributed by atoms with Crippen LogP contribution in [-0.2, 0) is 23.8 Å². The Balaban J connectivity index is 4.37. The minimum absolute atomic E-state index is 0.412. The molecule has 0 aliphatic carbocycles. The Labute approximate surface area is 95.4 Å². The third kappa shape index (κ3) is 7.99. The summed E-state index contributed by atoms with van der Waals surface area (Å²) in [4.78, 5) is 21.5. The topological polar surface area (TPSA) is 61.8 Å². The van der Waals surface area contributed by atoms with E-state index in [0.717, 1.165) is 5.57 Å². The lowest BCUT2D eigenvalue weighted by Crippen LogP contribution is -2.21. The van der Waals surface area contributed by atoms with E-state index in [1.54, 1.807) is 13.0 Å². The van der Waals surface area contributed by atoms with E-state index in [4.69, 9.17) is 14.2 Å². The molecule has 0 spiro atoms. The highest BCUT2D eigenvalue weighted by atomic mass is 16.7. The van der Waals surface area contributed by atoms with Crippen LogP contribution in [0.4, 0.5) is 0 Å². The van der Waals surface area contributed by atoms with Crippen molar-refractivity contribution in [1.29, 1.82) is 0 Å². The molecule has 0 rings (SSSR count). The van der Waals surface area contributed by atoms with E-state index in [-0.39, 0.29) is 0 Å². The van der Waals surface area contributed by atoms with Crippen LogP contribution < -0.4 is 0 Å². The number of rotatable bonds is 6. The van der Waals surface area contributed by atoms with Gasteiger partial charge in [0, 0.05) is 20.5 Å². The number of hydrogen-bond acceptors (Lipinski definition) is 5. The van der Waals surface area contributed by atoms with Crippen LogP contribution in [0, 0.1) is 0 Å². The van der Waals surface area contributed by atoms with Gasteiger partial charge in [-0.1, -0.05) is 0 Å². The van der Waals surface area contributed by atoms with Crippen molar-refractivity contribution in [2.75, 3.05) is 13.2 Å². The summed E-state index contributed by atoms with van der Waals surface area (Å²) in [5, 5.41) is 0. The molecule has 0 aliphatic heterocycles.